The van der Waals surface area contributed by atoms with Crippen molar-refractivity contribution in [3.63, 3.8) is 0 Å². The number of primary sulfonamides is 1. The second-order valence-electron chi connectivity index (χ2n) is 4.14. The summed E-state index contributed by atoms with van der Waals surface area (Å²) >= 11 is 5.91. The molecule has 8 heteroatoms. The molecule has 0 amide bonds. The fraction of sp³-hybridized carbons (Fsp3) is 0.0769. The molecule has 0 spiro atoms. The van der Waals surface area contributed by atoms with Crippen LogP contribution in [0.25, 0.3) is 0 Å². The Bertz CT molecular complexity index is 781. The van der Waals surface area contributed by atoms with Crippen molar-refractivity contribution in [2.75, 3.05) is 0 Å². The van der Waals surface area contributed by atoms with Gasteiger partial charge in [-0.25, -0.2) is 22.3 Å². The maximum Gasteiger partial charge on any atom is 0.241 e. The lowest BCUT2D eigenvalue weighted by Gasteiger charge is -2.12. The minimum absolute atomic E-state index is 0.190. The number of sulfonamides is 1. The lowest BCUT2D eigenvalue weighted by Crippen LogP contribution is -2.15. The van der Waals surface area contributed by atoms with E-state index in [-0.39, 0.29) is 6.61 Å². The quantitative estimate of drug-likeness (QED) is 0.935. The number of halogens is 3. The summed E-state index contributed by atoms with van der Waals surface area (Å²) in [6, 6.07) is 7.71. The molecule has 0 unspecified atom stereocenters. The number of nitrogens with two attached hydrogens (primary N) is 1. The molecule has 4 nitrogen and oxygen atoms in total. The highest BCUT2D eigenvalue weighted by Crippen LogP contribution is 2.29. The van der Waals surface area contributed by atoms with Crippen LogP contribution in [0.3, 0.4) is 0 Å². The number of ether oxygens (including phenoxy) is 1. The monoisotopic (exact) mass is 333 g/mol. The van der Waals surface area contributed by atoms with E-state index in [1.807, 2.05) is 0 Å². The van der Waals surface area contributed by atoms with Crippen LogP contribution < -0.4 is 9.88 Å². The first kappa shape index (κ1) is 15.7. The van der Waals surface area contributed by atoms with Crippen molar-refractivity contribution in [3.8, 4) is 5.75 Å². The smallest absolute Gasteiger partial charge is 0.241 e. The van der Waals surface area contributed by atoms with E-state index in [2.05, 4.69) is 0 Å². The first-order valence-corrected chi connectivity index (χ1v) is 7.59. The molecule has 0 saturated heterocycles. The first-order chi connectivity index (χ1) is 9.79. The second kappa shape index (κ2) is 5.97. The van der Waals surface area contributed by atoms with Gasteiger partial charge < -0.3 is 4.74 Å². The Morgan fingerprint density at radius 1 is 1.19 bits per heavy atom. The maximum atomic E-state index is 13.7. The van der Waals surface area contributed by atoms with E-state index in [9.17, 15) is 17.2 Å². The van der Waals surface area contributed by atoms with E-state index >= 15 is 0 Å². The van der Waals surface area contributed by atoms with Crippen molar-refractivity contribution >= 4 is 21.6 Å². The van der Waals surface area contributed by atoms with Crippen LogP contribution in [0.5, 0.6) is 5.75 Å². The van der Waals surface area contributed by atoms with Gasteiger partial charge in [-0.05, 0) is 12.1 Å². The van der Waals surface area contributed by atoms with Crippen molar-refractivity contribution in [3.05, 3.63) is 58.6 Å². The summed E-state index contributed by atoms with van der Waals surface area (Å²) in [4.78, 5) is -0.757. The molecule has 0 aliphatic carbocycles. The van der Waals surface area contributed by atoms with Gasteiger partial charge in [0.15, 0.2) is 11.6 Å². The molecule has 2 aromatic carbocycles. The summed E-state index contributed by atoms with van der Waals surface area (Å²) in [5, 5.41) is 5.30. The van der Waals surface area contributed by atoms with Gasteiger partial charge in [-0.2, -0.15) is 0 Å². The molecule has 2 N–H and O–H groups in total. The number of rotatable bonds is 4. The van der Waals surface area contributed by atoms with Crippen LogP contribution in [-0.2, 0) is 16.6 Å². The van der Waals surface area contributed by atoms with E-state index in [1.54, 1.807) is 24.3 Å². The highest BCUT2D eigenvalue weighted by Gasteiger charge is 2.21. The molecule has 0 radical (unpaired) electrons. The summed E-state index contributed by atoms with van der Waals surface area (Å²) in [6.45, 7) is -0.190. The Kier molecular flexibility index (Phi) is 4.46. The standard InChI is InChI=1S/C13H10ClF2NO3S/c14-10-4-2-1-3-8(10)7-20-13-11(16)5-9(15)6-12(13)21(17,18)19/h1-6H,7H2,(H2,17,18,19). The van der Waals surface area contributed by atoms with Crippen LogP contribution in [-0.4, -0.2) is 8.42 Å². The van der Waals surface area contributed by atoms with Crippen LogP contribution in [0.4, 0.5) is 8.78 Å². The van der Waals surface area contributed by atoms with Crippen LogP contribution in [0.2, 0.25) is 5.02 Å². The molecule has 2 rings (SSSR count). The SMILES string of the molecule is NS(=O)(=O)c1cc(F)cc(F)c1OCc1ccccc1Cl. The molecule has 2 aromatic rings. The van der Waals surface area contributed by atoms with Crippen molar-refractivity contribution in [1.82, 2.24) is 0 Å². The van der Waals surface area contributed by atoms with Crippen LogP contribution in [0.15, 0.2) is 41.3 Å². The lowest BCUT2D eigenvalue weighted by atomic mass is 10.2. The van der Waals surface area contributed by atoms with Crippen LogP contribution >= 0.6 is 11.6 Å². The first-order valence-electron chi connectivity index (χ1n) is 5.67. The minimum atomic E-state index is -4.33. The number of benzene rings is 2. The third-order valence-electron chi connectivity index (χ3n) is 2.61. The highest BCUT2D eigenvalue weighted by atomic mass is 35.5. The lowest BCUT2D eigenvalue weighted by molar-refractivity contribution is 0.280. The molecule has 0 aromatic heterocycles. The summed E-state index contributed by atoms with van der Waals surface area (Å²) < 4.78 is 54.7. The van der Waals surface area contributed by atoms with Gasteiger partial charge in [0.2, 0.25) is 10.0 Å². The Hall–Kier alpha value is -1.70. The van der Waals surface area contributed by atoms with Gasteiger partial charge in [0.25, 0.3) is 0 Å². The van der Waals surface area contributed by atoms with Gasteiger partial charge in [0.05, 0.1) is 0 Å². The average molecular weight is 334 g/mol. The summed E-state index contributed by atoms with van der Waals surface area (Å²) in [6.07, 6.45) is 0. The zero-order chi connectivity index (χ0) is 15.6. The fourth-order valence-electron chi connectivity index (χ4n) is 1.65. The number of hydrogen-bond donors (Lipinski definition) is 1. The van der Waals surface area contributed by atoms with E-state index in [1.165, 1.54) is 0 Å². The zero-order valence-electron chi connectivity index (χ0n) is 10.5. The Balaban J connectivity index is 2.39. The Morgan fingerprint density at radius 2 is 1.86 bits per heavy atom. The molecule has 0 aliphatic rings. The minimum Gasteiger partial charge on any atom is -0.484 e. The Labute approximate surface area is 125 Å². The van der Waals surface area contributed by atoms with Crippen LogP contribution in [0.1, 0.15) is 5.56 Å². The molecular formula is C13H10ClF2NO3S. The van der Waals surface area contributed by atoms with Gasteiger partial charge in [0.1, 0.15) is 17.3 Å². The fourth-order valence-corrected chi connectivity index (χ4v) is 2.54. The van der Waals surface area contributed by atoms with E-state index in [0.717, 1.165) is 0 Å². The molecule has 0 bridgehead atoms. The van der Waals surface area contributed by atoms with Gasteiger partial charge in [-0.1, -0.05) is 29.8 Å². The summed E-state index contributed by atoms with van der Waals surface area (Å²) in [7, 11) is -4.33. The summed E-state index contributed by atoms with van der Waals surface area (Å²) in [5.74, 6) is -2.87. The predicted molar refractivity (Wildman–Crippen MR) is 73.5 cm³/mol. The second-order valence-corrected chi connectivity index (χ2v) is 6.08. The largest absolute Gasteiger partial charge is 0.484 e. The zero-order valence-corrected chi connectivity index (χ0v) is 12.1. The van der Waals surface area contributed by atoms with Crippen molar-refractivity contribution < 1.29 is 21.9 Å². The normalized spacial score (nSPS) is 11.4. The van der Waals surface area contributed by atoms with Gasteiger partial charge in [-0.15, -0.1) is 0 Å². The average Bonchev–Trinajstić information content (AvgIpc) is 2.37. The van der Waals surface area contributed by atoms with E-state index in [0.29, 0.717) is 22.7 Å². The van der Waals surface area contributed by atoms with Crippen LogP contribution in [0, 0.1) is 11.6 Å². The molecule has 0 fully saturated rings. The maximum absolute atomic E-state index is 13.7. The molecule has 0 saturated carbocycles. The highest BCUT2D eigenvalue weighted by molar-refractivity contribution is 7.89. The molecule has 21 heavy (non-hydrogen) atoms. The van der Waals surface area contributed by atoms with E-state index in [4.69, 9.17) is 21.5 Å². The summed E-state index contributed by atoms with van der Waals surface area (Å²) in [5.41, 5.74) is 0.517. The van der Waals surface area contributed by atoms with Crippen molar-refractivity contribution in [2.45, 2.75) is 11.5 Å². The topological polar surface area (TPSA) is 69.4 Å². The molecule has 0 aliphatic heterocycles. The Morgan fingerprint density at radius 3 is 2.48 bits per heavy atom. The molecule has 0 heterocycles. The van der Waals surface area contributed by atoms with Gasteiger partial charge in [-0.3, -0.25) is 0 Å². The number of hydrogen-bond acceptors (Lipinski definition) is 3. The van der Waals surface area contributed by atoms with E-state index < -0.39 is 32.3 Å². The molecule has 0 atom stereocenters. The predicted octanol–water partition coefficient (Wildman–Crippen LogP) is 2.84. The van der Waals surface area contributed by atoms with Gasteiger partial charge in [0, 0.05) is 16.7 Å². The third kappa shape index (κ3) is 3.69. The molecule has 112 valence electrons. The third-order valence-corrected chi connectivity index (χ3v) is 3.90. The van der Waals surface area contributed by atoms with Crippen molar-refractivity contribution in [1.29, 1.82) is 0 Å². The molecular weight excluding hydrogens is 324 g/mol. The van der Waals surface area contributed by atoms with Gasteiger partial charge >= 0.3 is 0 Å². The van der Waals surface area contributed by atoms with Crippen molar-refractivity contribution in [2.24, 2.45) is 5.14 Å².